The van der Waals surface area contributed by atoms with Crippen molar-refractivity contribution in [1.82, 2.24) is 4.98 Å². The lowest BCUT2D eigenvalue weighted by atomic mass is 9.93. The van der Waals surface area contributed by atoms with Crippen molar-refractivity contribution in [2.75, 3.05) is 0 Å². The number of H-pyrrole nitrogens is 1. The number of hydrogen-bond acceptors (Lipinski definition) is 1. The molecule has 1 unspecified atom stereocenters. The molecule has 3 heteroatoms. The number of ketones is 1. The standard InChI is InChI=1S/C18H16ClNO/c1-12(10-18(21)13-6-8-14(19)9-7-13)16-11-20-17-5-3-2-4-15(16)17/h2-9,11-12,20H,10H2,1H3. The molecule has 21 heavy (non-hydrogen) atoms. The lowest BCUT2D eigenvalue weighted by Crippen LogP contribution is -2.04. The van der Waals surface area contributed by atoms with Gasteiger partial charge in [0.05, 0.1) is 0 Å². The predicted octanol–water partition coefficient (Wildman–Crippen LogP) is 5.20. The topological polar surface area (TPSA) is 32.9 Å². The summed E-state index contributed by atoms with van der Waals surface area (Å²) in [7, 11) is 0. The summed E-state index contributed by atoms with van der Waals surface area (Å²) < 4.78 is 0. The van der Waals surface area contributed by atoms with Crippen LogP contribution in [0.15, 0.2) is 54.7 Å². The molecule has 2 aromatic carbocycles. The molecule has 1 aromatic heterocycles. The summed E-state index contributed by atoms with van der Waals surface area (Å²) in [4.78, 5) is 15.6. The highest BCUT2D eigenvalue weighted by Gasteiger charge is 2.16. The molecular formula is C18H16ClNO. The molecule has 0 aliphatic rings. The third-order valence-electron chi connectivity index (χ3n) is 3.81. The summed E-state index contributed by atoms with van der Waals surface area (Å²) in [6.45, 7) is 2.09. The van der Waals surface area contributed by atoms with Crippen LogP contribution in [0.3, 0.4) is 0 Å². The van der Waals surface area contributed by atoms with E-state index in [9.17, 15) is 4.79 Å². The first-order valence-electron chi connectivity index (χ1n) is 7.00. The Morgan fingerprint density at radius 3 is 2.62 bits per heavy atom. The van der Waals surface area contributed by atoms with Gasteiger partial charge in [0.1, 0.15) is 0 Å². The summed E-state index contributed by atoms with van der Waals surface area (Å²) in [5.74, 6) is 0.314. The molecule has 3 aromatic rings. The van der Waals surface area contributed by atoms with Gasteiger partial charge in [0.2, 0.25) is 0 Å². The lowest BCUT2D eigenvalue weighted by molar-refractivity contribution is 0.0976. The van der Waals surface area contributed by atoms with Crippen LogP contribution in [-0.4, -0.2) is 10.8 Å². The number of hydrogen-bond donors (Lipinski definition) is 1. The molecule has 0 fully saturated rings. The first-order chi connectivity index (χ1) is 10.1. The van der Waals surface area contributed by atoms with Crippen LogP contribution in [0.25, 0.3) is 10.9 Å². The van der Waals surface area contributed by atoms with Crippen LogP contribution >= 0.6 is 11.6 Å². The molecule has 3 rings (SSSR count). The van der Waals surface area contributed by atoms with E-state index < -0.39 is 0 Å². The second kappa shape index (κ2) is 5.74. The number of rotatable bonds is 4. The highest BCUT2D eigenvalue weighted by Crippen LogP contribution is 2.28. The fourth-order valence-electron chi connectivity index (χ4n) is 2.64. The number of carbonyl (C=O) groups is 1. The number of halogens is 1. The van der Waals surface area contributed by atoms with Crippen LogP contribution in [-0.2, 0) is 0 Å². The number of fused-ring (bicyclic) bond motifs is 1. The van der Waals surface area contributed by atoms with E-state index in [0.717, 1.165) is 5.52 Å². The Morgan fingerprint density at radius 2 is 1.86 bits per heavy atom. The van der Waals surface area contributed by atoms with Crippen LogP contribution < -0.4 is 0 Å². The number of Topliss-reactive ketones (excluding diaryl/α,β-unsaturated/α-hetero) is 1. The zero-order valence-corrected chi connectivity index (χ0v) is 12.5. The van der Waals surface area contributed by atoms with Crippen molar-refractivity contribution < 1.29 is 4.79 Å². The highest BCUT2D eigenvalue weighted by atomic mass is 35.5. The van der Waals surface area contributed by atoms with Gasteiger partial charge in [-0.2, -0.15) is 0 Å². The van der Waals surface area contributed by atoms with Gasteiger partial charge in [-0.3, -0.25) is 4.79 Å². The molecular weight excluding hydrogens is 282 g/mol. The number of para-hydroxylation sites is 1. The maximum absolute atomic E-state index is 12.3. The Labute approximate surface area is 128 Å². The quantitative estimate of drug-likeness (QED) is 0.660. The number of aromatic nitrogens is 1. The lowest BCUT2D eigenvalue weighted by Gasteiger charge is -2.10. The summed E-state index contributed by atoms with van der Waals surface area (Å²) in [6.07, 6.45) is 2.49. The van der Waals surface area contributed by atoms with E-state index in [1.807, 2.05) is 24.4 Å². The summed E-state index contributed by atoms with van der Waals surface area (Å²) in [6, 6.07) is 15.2. The van der Waals surface area contributed by atoms with Gasteiger partial charge in [0.15, 0.2) is 5.78 Å². The van der Waals surface area contributed by atoms with Crippen molar-refractivity contribution in [2.45, 2.75) is 19.3 Å². The molecule has 1 N–H and O–H groups in total. The third kappa shape index (κ3) is 2.86. The van der Waals surface area contributed by atoms with Gasteiger partial charge in [-0.25, -0.2) is 0 Å². The maximum Gasteiger partial charge on any atom is 0.163 e. The molecule has 0 bridgehead atoms. The normalized spacial score (nSPS) is 12.5. The van der Waals surface area contributed by atoms with Crippen LogP contribution in [0.2, 0.25) is 5.02 Å². The molecule has 106 valence electrons. The van der Waals surface area contributed by atoms with E-state index in [-0.39, 0.29) is 11.7 Å². The Balaban J connectivity index is 1.81. The first kappa shape index (κ1) is 13.9. The van der Waals surface area contributed by atoms with Gasteiger partial charge in [-0.15, -0.1) is 0 Å². The molecule has 0 saturated carbocycles. The largest absolute Gasteiger partial charge is 0.361 e. The van der Waals surface area contributed by atoms with Gasteiger partial charge in [-0.1, -0.05) is 36.7 Å². The van der Waals surface area contributed by atoms with Gasteiger partial charge in [-0.05, 0) is 41.8 Å². The minimum absolute atomic E-state index is 0.143. The average molecular weight is 298 g/mol. The molecule has 0 aliphatic carbocycles. The SMILES string of the molecule is CC(CC(=O)c1ccc(Cl)cc1)c1c[nH]c2ccccc12. The Bertz CT molecular complexity index is 773. The summed E-state index contributed by atoms with van der Waals surface area (Å²) in [5, 5.41) is 1.84. The van der Waals surface area contributed by atoms with E-state index in [4.69, 9.17) is 11.6 Å². The van der Waals surface area contributed by atoms with Crippen molar-refractivity contribution in [3.63, 3.8) is 0 Å². The Morgan fingerprint density at radius 1 is 1.14 bits per heavy atom. The van der Waals surface area contributed by atoms with Crippen molar-refractivity contribution in [1.29, 1.82) is 0 Å². The minimum atomic E-state index is 0.143. The molecule has 0 radical (unpaired) electrons. The van der Waals surface area contributed by atoms with Gasteiger partial charge in [0.25, 0.3) is 0 Å². The fourth-order valence-corrected chi connectivity index (χ4v) is 2.77. The number of benzene rings is 2. The molecule has 1 heterocycles. The minimum Gasteiger partial charge on any atom is -0.361 e. The molecule has 0 aliphatic heterocycles. The van der Waals surface area contributed by atoms with Gasteiger partial charge >= 0.3 is 0 Å². The fraction of sp³-hybridized carbons (Fsp3) is 0.167. The summed E-state index contributed by atoms with van der Waals surface area (Å²) in [5.41, 5.74) is 3.01. The second-order valence-corrected chi connectivity index (χ2v) is 5.76. The Hall–Kier alpha value is -2.06. The van der Waals surface area contributed by atoms with Crippen LogP contribution in [0.1, 0.15) is 35.2 Å². The summed E-state index contributed by atoms with van der Waals surface area (Å²) >= 11 is 5.85. The van der Waals surface area contributed by atoms with E-state index in [1.165, 1.54) is 10.9 Å². The number of aromatic amines is 1. The van der Waals surface area contributed by atoms with Crippen LogP contribution in [0, 0.1) is 0 Å². The average Bonchev–Trinajstić information content (AvgIpc) is 2.92. The van der Waals surface area contributed by atoms with E-state index in [1.54, 1.807) is 24.3 Å². The predicted molar refractivity (Wildman–Crippen MR) is 87.1 cm³/mol. The molecule has 0 amide bonds. The van der Waals surface area contributed by atoms with Crippen molar-refractivity contribution in [3.05, 3.63) is 70.9 Å². The van der Waals surface area contributed by atoms with E-state index in [2.05, 4.69) is 18.0 Å². The van der Waals surface area contributed by atoms with Crippen LogP contribution in [0.5, 0.6) is 0 Å². The van der Waals surface area contributed by atoms with Gasteiger partial charge < -0.3 is 4.98 Å². The zero-order valence-electron chi connectivity index (χ0n) is 11.8. The van der Waals surface area contributed by atoms with Crippen molar-refractivity contribution in [2.24, 2.45) is 0 Å². The van der Waals surface area contributed by atoms with E-state index in [0.29, 0.717) is 17.0 Å². The smallest absolute Gasteiger partial charge is 0.163 e. The monoisotopic (exact) mass is 297 g/mol. The maximum atomic E-state index is 12.3. The number of carbonyl (C=O) groups excluding carboxylic acids is 1. The first-order valence-corrected chi connectivity index (χ1v) is 7.37. The number of nitrogens with one attached hydrogen (secondary N) is 1. The molecule has 2 nitrogen and oxygen atoms in total. The zero-order chi connectivity index (χ0) is 14.8. The highest BCUT2D eigenvalue weighted by molar-refractivity contribution is 6.30. The van der Waals surface area contributed by atoms with Crippen molar-refractivity contribution >= 4 is 28.3 Å². The molecule has 0 saturated heterocycles. The van der Waals surface area contributed by atoms with Gasteiger partial charge in [0, 0.05) is 34.1 Å². The van der Waals surface area contributed by atoms with Crippen LogP contribution in [0.4, 0.5) is 0 Å². The van der Waals surface area contributed by atoms with E-state index >= 15 is 0 Å². The second-order valence-electron chi connectivity index (χ2n) is 5.32. The Kier molecular flexibility index (Phi) is 3.80. The molecule has 0 spiro atoms. The molecule has 1 atom stereocenters. The third-order valence-corrected chi connectivity index (χ3v) is 4.06. The van der Waals surface area contributed by atoms with Crippen molar-refractivity contribution in [3.8, 4) is 0 Å².